The quantitative estimate of drug-likeness (QED) is 0.562. The first-order valence-corrected chi connectivity index (χ1v) is 11.5. The minimum Gasteiger partial charge on any atom is -0.337 e. The Morgan fingerprint density at radius 2 is 1.35 bits per heavy atom. The second kappa shape index (κ2) is 8.94. The maximum atomic E-state index is 13.1. The highest BCUT2D eigenvalue weighted by molar-refractivity contribution is 7.92. The molecule has 0 aliphatic heterocycles. The van der Waals surface area contributed by atoms with Gasteiger partial charge in [-0.2, -0.15) is 0 Å². The molecule has 0 saturated heterocycles. The van der Waals surface area contributed by atoms with Gasteiger partial charge in [-0.25, -0.2) is 8.42 Å². The Bertz CT molecular complexity index is 1180. The van der Waals surface area contributed by atoms with Crippen LogP contribution in [0.3, 0.4) is 0 Å². The van der Waals surface area contributed by atoms with Crippen LogP contribution in [0, 0.1) is 20.8 Å². The van der Waals surface area contributed by atoms with Crippen molar-refractivity contribution in [2.24, 2.45) is 0 Å². The largest absolute Gasteiger partial charge is 0.337 e. The number of nitrogens with zero attached hydrogens (tertiary/aromatic N) is 2. The summed E-state index contributed by atoms with van der Waals surface area (Å²) in [7, 11) is -0.478. The number of anilines is 1. The van der Waals surface area contributed by atoms with Crippen molar-refractivity contribution in [3.8, 4) is 0 Å². The highest BCUT2D eigenvalue weighted by Crippen LogP contribution is 2.27. The van der Waals surface area contributed by atoms with Gasteiger partial charge in [-0.05, 0) is 56.2 Å². The van der Waals surface area contributed by atoms with Gasteiger partial charge in [-0.3, -0.25) is 9.10 Å². The summed E-state index contributed by atoms with van der Waals surface area (Å²) in [5.74, 6) is -0.164. The Morgan fingerprint density at radius 3 is 1.94 bits per heavy atom. The van der Waals surface area contributed by atoms with Gasteiger partial charge in [-0.1, -0.05) is 53.6 Å². The van der Waals surface area contributed by atoms with Crippen LogP contribution in [0.25, 0.3) is 0 Å². The number of aryl methyl sites for hydroxylation is 3. The van der Waals surface area contributed by atoms with Crippen LogP contribution < -0.4 is 4.31 Å². The van der Waals surface area contributed by atoms with Crippen molar-refractivity contribution < 1.29 is 13.2 Å². The number of hydrogen-bond acceptors (Lipinski definition) is 3. The number of sulfonamides is 1. The Morgan fingerprint density at radius 1 is 0.806 bits per heavy atom. The van der Waals surface area contributed by atoms with Crippen molar-refractivity contribution in [2.45, 2.75) is 32.2 Å². The van der Waals surface area contributed by atoms with Crippen molar-refractivity contribution in [3.05, 3.63) is 94.5 Å². The van der Waals surface area contributed by atoms with E-state index < -0.39 is 10.0 Å². The van der Waals surface area contributed by atoms with Crippen molar-refractivity contribution >= 4 is 21.6 Å². The molecule has 0 spiro atoms. The fourth-order valence-electron chi connectivity index (χ4n) is 3.34. The van der Waals surface area contributed by atoms with Gasteiger partial charge in [0.2, 0.25) is 0 Å². The monoisotopic (exact) mass is 436 g/mol. The predicted molar refractivity (Wildman–Crippen MR) is 125 cm³/mol. The lowest BCUT2D eigenvalue weighted by Gasteiger charge is -2.23. The topological polar surface area (TPSA) is 57.7 Å². The summed E-state index contributed by atoms with van der Waals surface area (Å²) in [5.41, 5.74) is 4.89. The van der Waals surface area contributed by atoms with Crippen LogP contribution in [0.15, 0.2) is 71.6 Å². The molecule has 5 nitrogen and oxygen atoms in total. The predicted octanol–water partition coefficient (Wildman–Crippen LogP) is 4.71. The van der Waals surface area contributed by atoms with Gasteiger partial charge in [0.15, 0.2) is 0 Å². The molecule has 3 rings (SSSR count). The molecule has 3 aromatic rings. The molecule has 162 valence electrons. The normalized spacial score (nSPS) is 11.3. The van der Waals surface area contributed by atoms with E-state index in [1.807, 2.05) is 45.0 Å². The Kier molecular flexibility index (Phi) is 6.51. The minimum atomic E-state index is -3.74. The molecule has 0 aliphatic carbocycles. The van der Waals surface area contributed by atoms with Crippen LogP contribution in [0.1, 0.15) is 32.6 Å². The summed E-state index contributed by atoms with van der Waals surface area (Å²) in [6, 6.07) is 19.9. The molecule has 0 heterocycles. The number of rotatable bonds is 6. The summed E-state index contributed by atoms with van der Waals surface area (Å²) in [5, 5.41) is 0. The SMILES string of the molecule is Cc1ccc(CN(C)C(=O)c2ccc(C)c(N(C)S(=O)(=O)c3ccc(C)cc3)c2)cc1. The number of carbonyl (C=O) groups excluding carboxylic acids is 1. The molecule has 0 aliphatic rings. The van der Waals surface area contributed by atoms with E-state index in [1.165, 1.54) is 16.9 Å². The van der Waals surface area contributed by atoms with Gasteiger partial charge in [0, 0.05) is 26.2 Å². The second-order valence-electron chi connectivity index (χ2n) is 7.93. The molecular formula is C25H28N2O3S. The fourth-order valence-corrected chi connectivity index (χ4v) is 4.59. The first-order valence-electron chi connectivity index (χ1n) is 10.1. The van der Waals surface area contributed by atoms with Gasteiger partial charge >= 0.3 is 0 Å². The van der Waals surface area contributed by atoms with Crippen LogP contribution in [0.2, 0.25) is 0 Å². The second-order valence-corrected chi connectivity index (χ2v) is 9.90. The number of benzene rings is 3. The first-order chi connectivity index (χ1) is 14.6. The average Bonchev–Trinajstić information content (AvgIpc) is 2.75. The van der Waals surface area contributed by atoms with Crippen LogP contribution >= 0.6 is 0 Å². The Hall–Kier alpha value is -3.12. The van der Waals surface area contributed by atoms with Gasteiger partial charge in [-0.15, -0.1) is 0 Å². The summed E-state index contributed by atoms with van der Waals surface area (Å²) in [6.07, 6.45) is 0. The lowest BCUT2D eigenvalue weighted by molar-refractivity contribution is 0.0785. The number of amides is 1. The first kappa shape index (κ1) is 22.6. The molecule has 0 atom stereocenters. The van der Waals surface area contributed by atoms with Crippen LogP contribution in [-0.4, -0.2) is 33.3 Å². The van der Waals surface area contributed by atoms with Gasteiger partial charge in [0.25, 0.3) is 15.9 Å². The maximum Gasteiger partial charge on any atom is 0.264 e. The van der Waals surface area contributed by atoms with E-state index in [0.717, 1.165) is 16.7 Å². The highest BCUT2D eigenvalue weighted by atomic mass is 32.2. The van der Waals surface area contributed by atoms with Gasteiger partial charge in [0.05, 0.1) is 10.6 Å². The molecule has 31 heavy (non-hydrogen) atoms. The summed E-state index contributed by atoms with van der Waals surface area (Å²) in [4.78, 5) is 14.9. The summed E-state index contributed by atoms with van der Waals surface area (Å²) < 4.78 is 27.5. The van der Waals surface area contributed by atoms with E-state index in [1.54, 1.807) is 54.4 Å². The Labute approximate surface area is 185 Å². The van der Waals surface area contributed by atoms with Crippen molar-refractivity contribution in [2.75, 3.05) is 18.4 Å². The minimum absolute atomic E-state index is 0.164. The molecule has 0 unspecified atom stereocenters. The molecule has 1 amide bonds. The molecule has 0 N–H and O–H groups in total. The number of hydrogen-bond donors (Lipinski definition) is 0. The average molecular weight is 437 g/mol. The molecule has 0 saturated carbocycles. The maximum absolute atomic E-state index is 13.1. The molecule has 0 bridgehead atoms. The lowest BCUT2D eigenvalue weighted by Crippen LogP contribution is -2.29. The van der Waals surface area contributed by atoms with Crippen LogP contribution in [0.4, 0.5) is 5.69 Å². The number of carbonyl (C=O) groups is 1. The van der Waals surface area contributed by atoms with E-state index in [4.69, 9.17) is 0 Å². The van der Waals surface area contributed by atoms with Crippen LogP contribution in [-0.2, 0) is 16.6 Å². The molecule has 0 fully saturated rings. The third-order valence-corrected chi connectivity index (χ3v) is 7.15. The molecule has 3 aromatic carbocycles. The van der Waals surface area contributed by atoms with E-state index >= 15 is 0 Å². The molecule has 0 aromatic heterocycles. The highest BCUT2D eigenvalue weighted by Gasteiger charge is 2.24. The molecule has 0 radical (unpaired) electrons. The van der Waals surface area contributed by atoms with E-state index in [2.05, 4.69) is 0 Å². The Balaban J connectivity index is 1.87. The summed E-state index contributed by atoms with van der Waals surface area (Å²) in [6.45, 7) is 6.24. The smallest absolute Gasteiger partial charge is 0.264 e. The van der Waals surface area contributed by atoms with Crippen molar-refractivity contribution in [1.82, 2.24) is 4.90 Å². The molecular weight excluding hydrogens is 408 g/mol. The van der Waals surface area contributed by atoms with Gasteiger partial charge < -0.3 is 4.90 Å². The van der Waals surface area contributed by atoms with Crippen molar-refractivity contribution in [1.29, 1.82) is 0 Å². The third-order valence-electron chi connectivity index (χ3n) is 5.36. The van der Waals surface area contributed by atoms with Crippen LogP contribution in [0.5, 0.6) is 0 Å². The van der Waals surface area contributed by atoms with E-state index in [9.17, 15) is 13.2 Å². The van der Waals surface area contributed by atoms with E-state index in [-0.39, 0.29) is 10.8 Å². The fraction of sp³-hybridized carbons (Fsp3) is 0.240. The zero-order chi connectivity index (χ0) is 22.8. The lowest BCUT2D eigenvalue weighted by atomic mass is 10.1. The standard InChI is InChI=1S/C25H28N2O3S/c1-18-6-11-21(12-7-18)17-26(4)25(28)22-13-10-20(3)24(16-22)27(5)31(29,30)23-14-8-19(2)9-15-23/h6-16H,17H2,1-5H3. The molecule has 6 heteroatoms. The van der Waals surface area contributed by atoms with Crippen molar-refractivity contribution in [3.63, 3.8) is 0 Å². The van der Waals surface area contributed by atoms with E-state index in [0.29, 0.717) is 17.8 Å². The zero-order valence-corrected chi connectivity index (χ0v) is 19.4. The zero-order valence-electron chi connectivity index (χ0n) is 18.6. The van der Waals surface area contributed by atoms with Gasteiger partial charge in [0.1, 0.15) is 0 Å². The summed E-state index contributed by atoms with van der Waals surface area (Å²) >= 11 is 0. The third kappa shape index (κ3) is 4.97.